The van der Waals surface area contributed by atoms with Crippen LogP contribution >= 0.6 is 23.2 Å². The van der Waals surface area contributed by atoms with E-state index in [1.54, 1.807) is 24.3 Å². The summed E-state index contributed by atoms with van der Waals surface area (Å²) in [6, 6.07) is 12.0. The summed E-state index contributed by atoms with van der Waals surface area (Å²) in [7, 11) is 0. The zero-order valence-corrected chi connectivity index (χ0v) is 12.9. The third kappa shape index (κ3) is 4.17. The molecule has 110 valence electrons. The minimum atomic E-state index is -0.394. The highest BCUT2D eigenvalue weighted by Gasteiger charge is 2.10. The van der Waals surface area contributed by atoms with Gasteiger partial charge in [-0.25, -0.2) is 0 Å². The maximum absolute atomic E-state index is 10.8. The molecule has 2 rings (SSSR count). The number of benzene rings is 2. The zero-order chi connectivity index (χ0) is 15.4. The highest BCUT2D eigenvalue weighted by atomic mass is 35.5. The molecule has 0 radical (unpaired) electrons. The minimum Gasteiger partial charge on any atom is -0.306 e. The van der Waals surface area contributed by atoms with Crippen LogP contribution in [0.25, 0.3) is 0 Å². The fourth-order valence-corrected chi connectivity index (χ4v) is 2.27. The van der Waals surface area contributed by atoms with Crippen LogP contribution < -0.4 is 5.32 Å². The predicted molar refractivity (Wildman–Crippen MR) is 84.8 cm³/mol. The number of hydrogen-bond donors (Lipinski definition) is 1. The normalized spacial score (nSPS) is 12.1. The fourth-order valence-electron chi connectivity index (χ4n) is 1.95. The van der Waals surface area contributed by atoms with Crippen LogP contribution in [0.3, 0.4) is 0 Å². The maximum Gasteiger partial charge on any atom is 0.269 e. The molecule has 0 aromatic heterocycles. The lowest BCUT2D eigenvalue weighted by atomic mass is 10.1. The van der Waals surface area contributed by atoms with Gasteiger partial charge in [-0.1, -0.05) is 41.4 Å². The smallest absolute Gasteiger partial charge is 0.269 e. The molecule has 0 saturated heterocycles. The summed E-state index contributed by atoms with van der Waals surface area (Å²) in [6.07, 6.45) is 0. The van der Waals surface area contributed by atoms with Crippen molar-refractivity contribution in [3.8, 4) is 0 Å². The van der Waals surface area contributed by atoms with Crippen LogP contribution in [0, 0.1) is 10.1 Å². The number of non-ortho nitro benzene ring substituents is 1. The number of rotatable bonds is 5. The summed E-state index contributed by atoms with van der Waals surface area (Å²) in [5, 5.41) is 15.1. The van der Waals surface area contributed by atoms with E-state index in [2.05, 4.69) is 5.32 Å². The molecule has 1 N–H and O–H groups in total. The second-order valence-electron chi connectivity index (χ2n) is 4.70. The Morgan fingerprint density at radius 1 is 1.19 bits per heavy atom. The third-order valence-electron chi connectivity index (χ3n) is 3.18. The summed E-state index contributed by atoms with van der Waals surface area (Å²) in [4.78, 5) is 10.4. The molecule has 6 heteroatoms. The van der Waals surface area contributed by atoms with E-state index in [1.165, 1.54) is 6.07 Å². The van der Waals surface area contributed by atoms with E-state index < -0.39 is 4.92 Å². The molecule has 0 aliphatic carbocycles. The Morgan fingerprint density at radius 3 is 2.62 bits per heavy atom. The van der Waals surface area contributed by atoms with Gasteiger partial charge in [0.1, 0.15) is 0 Å². The quantitative estimate of drug-likeness (QED) is 0.637. The van der Waals surface area contributed by atoms with Crippen LogP contribution in [0.15, 0.2) is 42.5 Å². The summed E-state index contributed by atoms with van der Waals surface area (Å²) >= 11 is 11.8. The Hall–Kier alpha value is -1.62. The SMILES string of the molecule is CC(NCc1ccc(Cl)c(Cl)c1)c1cccc([N+](=O)[O-])c1. The van der Waals surface area contributed by atoms with E-state index in [1.807, 2.05) is 19.1 Å². The highest BCUT2D eigenvalue weighted by Crippen LogP contribution is 2.23. The summed E-state index contributed by atoms with van der Waals surface area (Å²) in [5.74, 6) is 0. The number of halogens is 2. The van der Waals surface area contributed by atoms with Gasteiger partial charge in [-0.2, -0.15) is 0 Å². The number of hydrogen-bond acceptors (Lipinski definition) is 3. The maximum atomic E-state index is 10.8. The first kappa shape index (κ1) is 15.8. The van der Waals surface area contributed by atoms with Crippen LogP contribution in [-0.2, 0) is 6.54 Å². The second kappa shape index (κ2) is 6.89. The summed E-state index contributed by atoms with van der Waals surface area (Å²) < 4.78 is 0. The van der Waals surface area contributed by atoms with Crippen molar-refractivity contribution < 1.29 is 4.92 Å². The molecule has 21 heavy (non-hydrogen) atoms. The highest BCUT2D eigenvalue weighted by molar-refractivity contribution is 6.42. The zero-order valence-electron chi connectivity index (χ0n) is 11.3. The van der Waals surface area contributed by atoms with Crippen LogP contribution in [0.5, 0.6) is 0 Å². The lowest BCUT2D eigenvalue weighted by Gasteiger charge is -2.14. The van der Waals surface area contributed by atoms with Crippen LogP contribution in [-0.4, -0.2) is 4.92 Å². The number of nitrogens with zero attached hydrogens (tertiary/aromatic N) is 1. The van der Waals surface area contributed by atoms with E-state index in [0.717, 1.165) is 11.1 Å². The van der Waals surface area contributed by atoms with Crippen LogP contribution in [0.4, 0.5) is 5.69 Å². The molecular weight excluding hydrogens is 311 g/mol. The molecule has 0 bridgehead atoms. The average molecular weight is 325 g/mol. The van der Waals surface area contributed by atoms with Crippen molar-refractivity contribution in [1.82, 2.24) is 5.32 Å². The Kier molecular flexibility index (Phi) is 5.17. The third-order valence-corrected chi connectivity index (χ3v) is 3.92. The molecule has 1 unspecified atom stereocenters. The van der Waals surface area contributed by atoms with Crippen LogP contribution in [0.1, 0.15) is 24.1 Å². The van der Waals surface area contributed by atoms with Gasteiger partial charge >= 0.3 is 0 Å². The Morgan fingerprint density at radius 2 is 1.95 bits per heavy atom. The van der Waals surface area contributed by atoms with Gasteiger partial charge in [-0.15, -0.1) is 0 Å². The Bertz CT molecular complexity index is 662. The van der Waals surface area contributed by atoms with Gasteiger partial charge in [0.05, 0.1) is 15.0 Å². The van der Waals surface area contributed by atoms with E-state index in [4.69, 9.17) is 23.2 Å². The molecule has 0 fully saturated rings. The van der Waals surface area contributed by atoms with E-state index in [-0.39, 0.29) is 11.7 Å². The van der Waals surface area contributed by atoms with Crippen molar-refractivity contribution in [3.05, 3.63) is 73.8 Å². The number of nitro groups is 1. The minimum absolute atomic E-state index is 0.0145. The van der Waals surface area contributed by atoms with Gasteiger partial charge in [-0.3, -0.25) is 10.1 Å². The summed E-state index contributed by atoms with van der Waals surface area (Å²) in [6.45, 7) is 2.55. The molecule has 0 amide bonds. The van der Waals surface area contributed by atoms with Gasteiger partial charge in [0.2, 0.25) is 0 Å². The molecule has 0 saturated carbocycles. The molecule has 1 atom stereocenters. The van der Waals surface area contributed by atoms with Gasteiger partial charge < -0.3 is 5.32 Å². The average Bonchev–Trinajstić information content (AvgIpc) is 2.48. The Balaban J connectivity index is 2.04. The lowest BCUT2D eigenvalue weighted by Crippen LogP contribution is -2.18. The van der Waals surface area contributed by atoms with Gasteiger partial charge in [0.25, 0.3) is 5.69 Å². The van der Waals surface area contributed by atoms with Crippen LogP contribution in [0.2, 0.25) is 10.0 Å². The van der Waals surface area contributed by atoms with Gasteiger partial charge in [-0.05, 0) is 30.2 Å². The fraction of sp³-hybridized carbons (Fsp3) is 0.200. The molecule has 0 spiro atoms. The van der Waals surface area contributed by atoms with Crippen molar-refractivity contribution in [2.24, 2.45) is 0 Å². The standard InChI is InChI=1S/C15H14Cl2N2O2/c1-10(12-3-2-4-13(8-12)19(20)21)18-9-11-5-6-14(16)15(17)7-11/h2-8,10,18H,9H2,1H3. The molecule has 2 aromatic carbocycles. The number of nitro benzene ring substituents is 1. The van der Waals surface area contributed by atoms with Crippen molar-refractivity contribution in [2.75, 3.05) is 0 Å². The predicted octanol–water partition coefficient (Wildman–Crippen LogP) is 4.75. The molecule has 0 aliphatic rings. The molecule has 2 aromatic rings. The van der Waals surface area contributed by atoms with Crippen molar-refractivity contribution in [1.29, 1.82) is 0 Å². The first-order valence-corrected chi connectivity index (χ1v) is 7.14. The van der Waals surface area contributed by atoms with Gasteiger partial charge in [0.15, 0.2) is 0 Å². The largest absolute Gasteiger partial charge is 0.306 e. The van der Waals surface area contributed by atoms with E-state index in [9.17, 15) is 10.1 Å². The first-order valence-electron chi connectivity index (χ1n) is 6.39. The summed E-state index contributed by atoms with van der Waals surface area (Å²) in [5.41, 5.74) is 1.96. The second-order valence-corrected chi connectivity index (χ2v) is 5.52. The van der Waals surface area contributed by atoms with Gasteiger partial charge in [0, 0.05) is 24.7 Å². The van der Waals surface area contributed by atoms with E-state index in [0.29, 0.717) is 16.6 Å². The number of nitrogens with one attached hydrogen (secondary N) is 1. The van der Waals surface area contributed by atoms with Crippen molar-refractivity contribution in [2.45, 2.75) is 19.5 Å². The van der Waals surface area contributed by atoms with Crippen molar-refractivity contribution in [3.63, 3.8) is 0 Å². The molecular formula is C15H14Cl2N2O2. The molecule has 0 heterocycles. The lowest BCUT2D eigenvalue weighted by molar-refractivity contribution is -0.384. The first-order chi connectivity index (χ1) is 9.97. The Labute approximate surface area is 132 Å². The monoisotopic (exact) mass is 324 g/mol. The van der Waals surface area contributed by atoms with Crippen molar-refractivity contribution >= 4 is 28.9 Å². The molecule has 0 aliphatic heterocycles. The van der Waals surface area contributed by atoms with E-state index >= 15 is 0 Å². The topological polar surface area (TPSA) is 55.2 Å². The molecule has 4 nitrogen and oxygen atoms in total.